The molecular formula is C22H24NP. The zero-order valence-electron chi connectivity index (χ0n) is 14.7. The molecule has 0 saturated carbocycles. The maximum atomic E-state index is 4.52. The van der Waals surface area contributed by atoms with E-state index in [-0.39, 0.29) is 0 Å². The van der Waals surface area contributed by atoms with Crippen LogP contribution < -0.4 is 0 Å². The van der Waals surface area contributed by atoms with Gasteiger partial charge in [-0.1, -0.05) is 70.3 Å². The largest absolute Gasteiger partial charge is 0.256 e. The number of hydrogen-bond acceptors (Lipinski definition) is 1. The summed E-state index contributed by atoms with van der Waals surface area (Å²) < 4.78 is 0. The van der Waals surface area contributed by atoms with Crippen LogP contribution >= 0.6 is 8.58 Å². The summed E-state index contributed by atoms with van der Waals surface area (Å²) in [7, 11) is 0.482. The van der Waals surface area contributed by atoms with E-state index >= 15 is 0 Å². The van der Waals surface area contributed by atoms with Crippen molar-refractivity contribution in [2.24, 2.45) is 0 Å². The minimum atomic E-state index is 0.482. The van der Waals surface area contributed by atoms with Crippen LogP contribution in [0.3, 0.4) is 0 Å². The van der Waals surface area contributed by atoms with Gasteiger partial charge in [-0.05, 0) is 54.2 Å². The van der Waals surface area contributed by atoms with E-state index in [1.54, 1.807) is 0 Å². The molecular weight excluding hydrogens is 309 g/mol. The molecule has 1 heterocycles. The number of allylic oxidation sites excluding steroid dienone is 4. The highest BCUT2D eigenvalue weighted by atomic mass is 31.1. The monoisotopic (exact) mass is 333 g/mol. The number of nitrogens with zero attached hydrogens (tertiary/aromatic N) is 1. The van der Waals surface area contributed by atoms with E-state index in [0.717, 1.165) is 27.5 Å². The number of hydrogen-bond donors (Lipinski definition) is 0. The number of pyridine rings is 1. The quantitative estimate of drug-likeness (QED) is 0.425. The topological polar surface area (TPSA) is 12.9 Å². The minimum Gasteiger partial charge on any atom is -0.256 e. The third kappa shape index (κ3) is 4.63. The van der Waals surface area contributed by atoms with Gasteiger partial charge in [0.2, 0.25) is 0 Å². The van der Waals surface area contributed by atoms with Gasteiger partial charge in [-0.2, -0.15) is 0 Å². The minimum absolute atomic E-state index is 0.482. The van der Waals surface area contributed by atoms with Crippen LogP contribution in [0, 0.1) is 13.8 Å². The summed E-state index contributed by atoms with van der Waals surface area (Å²) in [5.41, 5.74) is 6.80. The summed E-state index contributed by atoms with van der Waals surface area (Å²) >= 11 is 0. The van der Waals surface area contributed by atoms with Gasteiger partial charge in [-0.15, -0.1) is 0 Å². The molecule has 0 spiro atoms. The van der Waals surface area contributed by atoms with Crippen LogP contribution in [0.4, 0.5) is 0 Å². The lowest BCUT2D eigenvalue weighted by atomic mass is 9.99. The first-order valence-electron chi connectivity index (χ1n) is 7.90. The summed E-state index contributed by atoms with van der Waals surface area (Å²) in [6, 6.07) is 10.5. The van der Waals surface area contributed by atoms with Crippen LogP contribution in [0.25, 0.3) is 16.6 Å². The van der Waals surface area contributed by atoms with Gasteiger partial charge in [-0.25, -0.2) is 0 Å². The van der Waals surface area contributed by atoms with E-state index in [1.165, 1.54) is 16.7 Å². The Morgan fingerprint density at radius 3 is 2.42 bits per heavy atom. The molecule has 0 N–H and O–H groups in total. The summed E-state index contributed by atoms with van der Waals surface area (Å²) in [5.74, 6) is 0. The van der Waals surface area contributed by atoms with E-state index in [9.17, 15) is 0 Å². The van der Waals surface area contributed by atoms with Crippen molar-refractivity contribution >= 4 is 13.9 Å². The second kappa shape index (κ2) is 8.04. The maximum absolute atomic E-state index is 4.52. The van der Waals surface area contributed by atoms with Crippen molar-refractivity contribution in [3.63, 3.8) is 0 Å². The van der Waals surface area contributed by atoms with Crippen LogP contribution in [0.2, 0.25) is 0 Å². The van der Waals surface area contributed by atoms with E-state index in [4.69, 9.17) is 0 Å². The van der Waals surface area contributed by atoms with E-state index < -0.39 is 0 Å². The Labute approximate surface area is 147 Å². The molecule has 1 aromatic heterocycles. The molecule has 2 rings (SSSR count). The molecule has 0 amide bonds. The summed E-state index contributed by atoms with van der Waals surface area (Å²) in [4.78, 5) is 4.52. The fourth-order valence-corrected chi connectivity index (χ4v) is 3.29. The predicted octanol–water partition coefficient (Wildman–Crippen LogP) is 6.66. The highest BCUT2D eigenvalue weighted by Crippen LogP contribution is 2.39. The second-order valence-corrected chi connectivity index (χ2v) is 7.50. The van der Waals surface area contributed by atoms with Crippen LogP contribution in [0.15, 0.2) is 79.3 Å². The smallest absolute Gasteiger partial charge is 0.0733 e. The average Bonchev–Trinajstić information content (AvgIpc) is 2.53. The molecule has 2 aromatic rings. The molecule has 0 aliphatic heterocycles. The van der Waals surface area contributed by atoms with Gasteiger partial charge in [0.15, 0.2) is 0 Å². The zero-order chi connectivity index (χ0) is 17.7. The van der Waals surface area contributed by atoms with Crippen molar-refractivity contribution in [3.8, 4) is 11.3 Å². The van der Waals surface area contributed by atoms with Gasteiger partial charge in [0, 0.05) is 11.8 Å². The molecule has 122 valence electrons. The fourth-order valence-electron chi connectivity index (χ4n) is 2.44. The molecule has 0 aliphatic rings. The molecule has 0 saturated heterocycles. The third-order valence-corrected chi connectivity index (χ3v) is 4.80. The van der Waals surface area contributed by atoms with Crippen LogP contribution in [-0.4, -0.2) is 4.98 Å². The lowest BCUT2D eigenvalue weighted by Crippen LogP contribution is -1.91. The molecule has 0 bridgehead atoms. The summed E-state index contributed by atoms with van der Waals surface area (Å²) in [5, 5.41) is 2.16. The molecule has 1 unspecified atom stereocenters. The van der Waals surface area contributed by atoms with E-state index in [0.29, 0.717) is 8.58 Å². The molecule has 1 atom stereocenters. The van der Waals surface area contributed by atoms with Crippen LogP contribution in [-0.2, 0) is 0 Å². The lowest BCUT2D eigenvalue weighted by molar-refractivity contribution is 1.25. The summed E-state index contributed by atoms with van der Waals surface area (Å²) in [6.45, 7) is 18.4. The van der Waals surface area contributed by atoms with E-state index in [1.807, 2.05) is 31.3 Å². The first-order chi connectivity index (χ1) is 11.4. The van der Waals surface area contributed by atoms with Gasteiger partial charge in [0.25, 0.3) is 0 Å². The molecule has 0 fully saturated rings. The standard InChI is InChI=1S/C22H24NP/c1-15(2)9-10-18(5)24-19(6)20-11-12-21(17(4)14-20)22-16(3)8-7-13-23-22/h7-14,24H,1,5-6H2,2-4H3/b10-9-. The van der Waals surface area contributed by atoms with Crippen molar-refractivity contribution in [1.82, 2.24) is 4.98 Å². The fraction of sp³-hybridized carbons (Fsp3) is 0.136. The van der Waals surface area contributed by atoms with Crippen molar-refractivity contribution in [2.75, 3.05) is 0 Å². The highest BCUT2D eigenvalue weighted by Gasteiger charge is 2.08. The third-order valence-electron chi connectivity index (χ3n) is 3.72. The van der Waals surface area contributed by atoms with Gasteiger partial charge in [0.05, 0.1) is 5.69 Å². The first-order valence-corrected chi connectivity index (χ1v) is 8.90. The molecule has 0 radical (unpaired) electrons. The van der Waals surface area contributed by atoms with Gasteiger partial charge in [-0.3, -0.25) is 4.98 Å². The van der Waals surface area contributed by atoms with Crippen LogP contribution in [0.5, 0.6) is 0 Å². The Hall–Kier alpha value is -2.24. The number of benzene rings is 1. The van der Waals surface area contributed by atoms with Crippen LogP contribution in [0.1, 0.15) is 23.6 Å². The normalized spacial score (nSPS) is 11.3. The molecule has 24 heavy (non-hydrogen) atoms. The Bertz CT molecular complexity index is 828. The predicted molar refractivity (Wildman–Crippen MR) is 110 cm³/mol. The Morgan fingerprint density at radius 2 is 1.79 bits per heavy atom. The van der Waals surface area contributed by atoms with Crippen molar-refractivity contribution < 1.29 is 0 Å². The highest BCUT2D eigenvalue weighted by molar-refractivity contribution is 7.55. The molecule has 1 nitrogen and oxygen atoms in total. The number of aryl methyl sites for hydroxylation is 2. The van der Waals surface area contributed by atoms with Gasteiger partial charge < -0.3 is 0 Å². The molecule has 2 heteroatoms. The number of aromatic nitrogens is 1. The Balaban J connectivity index is 2.20. The zero-order valence-corrected chi connectivity index (χ0v) is 15.7. The van der Waals surface area contributed by atoms with Crippen molar-refractivity contribution in [1.29, 1.82) is 0 Å². The van der Waals surface area contributed by atoms with Gasteiger partial charge in [0.1, 0.15) is 0 Å². The first kappa shape index (κ1) is 18.1. The number of rotatable bonds is 6. The van der Waals surface area contributed by atoms with Crippen molar-refractivity contribution in [2.45, 2.75) is 20.8 Å². The maximum Gasteiger partial charge on any atom is 0.0733 e. The molecule has 0 aliphatic carbocycles. The van der Waals surface area contributed by atoms with Gasteiger partial charge >= 0.3 is 0 Å². The van der Waals surface area contributed by atoms with Crippen molar-refractivity contribution in [3.05, 3.63) is 96.0 Å². The SMILES string of the molecule is C=C(C)/C=C\C(=C)PC(=C)c1ccc(-c2ncccc2C)c(C)c1. The Morgan fingerprint density at radius 1 is 1.04 bits per heavy atom. The Kier molecular flexibility index (Phi) is 6.06. The average molecular weight is 333 g/mol. The van der Waals surface area contributed by atoms with E-state index in [2.05, 4.69) is 62.8 Å². The second-order valence-electron chi connectivity index (χ2n) is 6.01. The lowest BCUT2D eigenvalue weighted by Gasteiger charge is -2.12. The molecule has 1 aromatic carbocycles. The summed E-state index contributed by atoms with van der Waals surface area (Å²) in [6.07, 6.45) is 5.85.